The number of piperazine rings is 1. The molecule has 1 aromatic rings. The topological polar surface area (TPSA) is 39.6 Å². The summed E-state index contributed by atoms with van der Waals surface area (Å²) in [6, 6.07) is 5.85. The summed E-state index contributed by atoms with van der Waals surface area (Å²) in [5, 5.41) is 9.11. The first-order valence-corrected chi connectivity index (χ1v) is 6.73. The number of aliphatic hydroxyl groups is 1. The highest BCUT2D eigenvalue weighted by atomic mass is 16.3. The minimum atomic E-state index is 0.0150. The van der Waals surface area contributed by atoms with Gasteiger partial charge in [0.15, 0.2) is 0 Å². The number of aliphatic hydroxyl groups excluding tert-OH is 1. The van der Waals surface area contributed by atoms with Crippen LogP contribution in [0.25, 0.3) is 0 Å². The summed E-state index contributed by atoms with van der Waals surface area (Å²) in [6.07, 6.45) is 0. The lowest BCUT2D eigenvalue weighted by Crippen LogP contribution is -2.47. The molecule has 0 amide bonds. The fourth-order valence-corrected chi connectivity index (χ4v) is 2.41. The largest absolute Gasteiger partial charge is 0.390 e. The van der Waals surface area contributed by atoms with Crippen molar-refractivity contribution in [1.29, 1.82) is 0 Å². The predicted molar refractivity (Wildman–Crippen MR) is 73.7 cm³/mol. The van der Waals surface area contributed by atoms with Crippen LogP contribution in [-0.4, -0.2) is 47.7 Å². The van der Waals surface area contributed by atoms with Gasteiger partial charge in [-0.1, -0.05) is 19.9 Å². The van der Waals surface area contributed by atoms with Crippen molar-refractivity contribution in [3.8, 4) is 0 Å². The number of hydrogen-bond donors (Lipinski definition) is 1. The van der Waals surface area contributed by atoms with Crippen LogP contribution in [0.2, 0.25) is 0 Å². The van der Waals surface area contributed by atoms with Crippen LogP contribution in [0, 0.1) is 5.92 Å². The third-order valence-corrected chi connectivity index (χ3v) is 3.27. The number of rotatable bonds is 4. The molecule has 1 fully saturated rings. The molecular weight excluding hydrogens is 226 g/mol. The molecule has 1 aliphatic rings. The molecule has 100 valence electrons. The minimum Gasteiger partial charge on any atom is -0.390 e. The van der Waals surface area contributed by atoms with E-state index >= 15 is 0 Å². The number of nitrogens with zero attached hydrogens (tertiary/aromatic N) is 3. The predicted octanol–water partition coefficient (Wildman–Crippen LogP) is 1.35. The van der Waals surface area contributed by atoms with E-state index in [1.807, 2.05) is 18.2 Å². The Morgan fingerprint density at radius 3 is 2.56 bits per heavy atom. The molecule has 0 aromatic carbocycles. The summed E-state index contributed by atoms with van der Waals surface area (Å²) in [4.78, 5) is 9.27. The third kappa shape index (κ3) is 3.43. The summed E-state index contributed by atoms with van der Waals surface area (Å²) >= 11 is 0. The Balaban J connectivity index is 1.92. The van der Waals surface area contributed by atoms with Gasteiger partial charge in [0.1, 0.15) is 5.82 Å². The van der Waals surface area contributed by atoms with Crippen LogP contribution >= 0.6 is 0 Å². The fraction of sp³-hybridized carbons (Fsp3) is 0.643. The Hall–Kier alpha value is -1.13. The summed E-state index contributed by atoms with van der Waals surface area (Å²) < 4.78 is 0. The first kappa shape index (κ1) is 13.3. The number of aromatic nitrogens is 1. The van der Waals surface area contributed by atoms with Crippen molar-refractivity contribution in [3.05, 3.63) is 23.9 Å². The van der Waals surface area contributed by atoms with Gasteiger partial charge in [-0.05, 0) is 18.1 Å². The van der Waals surface area contributed by atoms with E-state index in [-0.39, 0.29) is 6.61 Å². The molecule has 4 heteroatoms. The van der Waals surface area contributed by atoms with Crippen molar-refractivity contribution in [1.82, 2.24) is 9.88 Å². The van der Waals surface area contributed by atoms with Gasteiger partial charge in [0.2, 0.25) is 0 Å². The van der Waals surface area contributed by atoms with Gasteiger partial charge in [0.05, 0.1) is 12.3 Å². The Bertz CT molecular complexity index is 373. The lowest BCUT2D eigenvalue weighted by Gasteiger charge is -2.36. The second-order valence-corrected chi connectivity index (χ2v) is 5.33. The molecular formula is C14H23N3O. The Kier molecular flexibility index (Phi) is 4.55. The smallest absolute Gasteiger partial charge is 0.128 e. The molecule has 2 heterocycles. The van der Waals surface area contributed by atoms with Gasteiger partial charge in [-0.3, -0.25) is 4.90 Å². The van der Waals surface area contributed by atoms with Crippen LogP contribution in [0.15, 0.2) is 18.2 Å². The normalized spacial score (nSPS) is 17.4. The minimum absolute atomic E-state index is 0.0150. The van der Waals surface area contributed by atoms with Crippen molar-refractivity contribution in [3.63, 3.8) is 0 Å². The average Bonchev–Trinajstić information content (AvgIpc) is 2.39. The van der Waals surface area contributed by atoms with Crippen molar-refractivity contribution in [2.75, 3.05) is 37.6 Å². The molecule has 0 radical (unpaired) electrons. The lowest BCUT2D eigenvalue weighted by atomic mass is 10.2. The molecule has 0 bridgehead atoms. The standard InChI is InChI=1S/C14H23N3O/c1-12(2)10-16-6-8-17(9-7-16)14-5-3-4-13(11-18)15-14/h3-5,12,18H,6-11H2,1-2H3. The van der Waals surface area contributed by atoms with Crippen molar-refractivity contribution >= 4 is 5.82 Å². The van der Waals surface area contributed by atoms with E-state index in [1.165, 1.54) is 6.54 Å². The highest BCUT2D eigenvalue weighted by Gasteiger charge is 2.18. The first-order chi connectivity index (χ1) is 8.69. The van der Waals surface area contributed by atoms with E-state index in [1.54, 1.807) is 0 Å². The molecule has 0 unspecified atom stereocenters. The van der Waals surface area contributed by atoms with E-state index in [9.17, 15) is 0 Å². The van der Waals surface area contributed by atoms with Gasteiger partial charge in [-0.15, -0.1) is 0 Å². The second-order valence-electron chi connectivity index (χ2n) is 5.33. The van der Waals surface area contributed by atoms with E-state index < -0.39 is 0 Å². The fourth-order valence-electron chi connectivity index (χ4n) is 2.41. The molecule has 2 rings (SSSR count). The molecule has 0 saturated carbocycles. The highest BCUT2D eigenvalue weighted by Crippen LogP contribution is 2.14. The molecule has 18 heavy (non-hydrogen) atoms. The first-order valence-electron chi connectivity index (χ1n) is 6.73. The molecule has 0 aliphatic carbocycles. The van der Waals surface area contributed by atoms with E-state index in [0.717, 1.165) is 43.6 Å². The molecule has 1 aliphatic heterocycles. The van der Waals surface area contributed by atoms with Crippen molar-refractivity contribution in [2.24, 2.45) is 5.92 Å². The van der Waals surface area contributed by atoms with E-state index in [4.69, 9.17) is 5.11 Å². The summed E-state index contributed by atoms with van der Waals surface area (Å²) in [6.45, 7) is 9.96. The van der Waals surface area contributed by atoms with Gasteiger partial charge in [-0.25, -0.2) is 4.98 Å². The zero-order valence-electron chi connectivity index (χ0n) is 11.3. The van der Waals surface area contributed by atoms with Gasteiger partial charge in [0.25, 0.3) is 0 Å². The maximum Gasteiger partial charge on any atom is 0.128 e. The average molecular weight is 249 g/mol. The van der Waals surface area contributed by atoms with E-state index in [0.29, 0.717) is 0 Å². The van der Waals surface area contributed by atoms with Crippen LogP contribution in [0.3, 0.4) is 0 Å². The monoisotopic (exact) mass is 249 g/mol. The van der Waals surface area contributed by atoms with Crippen molar-refractivity contribution in [2.45, 2.75) is 20.5 Å². The number of anilines is 1. The lowest BCUT2D eigenvalue weighted by molar-refractivity contribution is 0.230. The maximum atomic E-state index is 9.11. The zero-order valence-corrected chi connectivity index (χ0v) is 11.3. The van der Waals surface area contributed by atoms with Crippen LogP contribution in [0.4, 0.5) is 5.82 Å². The zero-order chi connectivity index (χ0) is 13.0. The molecule has 1 N–H and O–H groups in total. The van der Waals surface area contributed by atoms with Gasteiger partial charge in [0, 0.05) is 32.7 Å². The van der Waals surface area contributed by atoms with Gasteiger partial charge in [-0.2, -0.15) is 0 Å². The summed E-state index contributed by atoms with van der Waals surface area (Å²) in [5.41, 5.74) is 0.747. The maximum absolute atomic E-state index is 9.11. The quantitative estimate of drug-likeness (QED) is 0.874. The third-order valence-electron chi connectivity index (χ3n) is 3.27. The highest BCUT2D eigenvalue weighted by molar-refractivity contribution is 5.39. The number of hydrogen-bond acceptors (Lipinski definition) is 4. The molecule has 0 atom stereocenters. The Morgan fingerprint density at radius 2 is 1.94 bits per heavy atom. The van der Waals surface area contributed by atoms with Crippen LogP contribution in [-0.2, 0) is 6.61 Å². The van der Waals surface area contributed by atoms with E-state index in [2.05, 4.69) is 28.6 Å². The Morgan fingerprint density at radius 1 is 1.22 bits per heavy atom. The molecule has 1 saturated heterocycles. The van der Waals surface area contributed by atoms with Crippen LogP contribution in [0.1, 0.15) is 19.5 Å². The van der Waals surface area contributed by atoms with Gasteiger partial charge >= 0.3 is 0 Å². The Labute approximate surface area is 109 Å². The van der Waals surface area contributed by atoms with Crippen LogP contribution < -0.4 is 4.90 Å². The second kappa shape index (κ2) is 6.16. The summed E-state index contributed by atoms with van der Waals surface area (Å²) in [7, 11) is 0. The van der Waals surface area contributed by atoms with Gasteiger partial charge < -0.3 is 10.0 Å². The van der Waals surface area contributed by atoms with Crippen molar-refractivity contribution < 1.29 is 5.11 Å². The number of pyridine rings is 1. The summed E-state index contributed by atoms with van der Waals surface area (Å²) in [5.74, 6) is 1.72. The van der Waals surface area contributed by atoms with Crippen LogP contribution in [0.5, 0.6) is 0 Å². The SMILES string of the molecule is CC(C)CN1CCN(c2cccc(CO)n2)CC1. The molecule has 0 spiro atoms. The molecule has 1 aromatic heterocycles. The molecule has 4 nitrogen and oxygen atoms in total.